The zero-order chi connectivity index (χ0) is 8.39. The van der Waals surface area contributed by atoms with Crippen LogP contribution in [0.4, 0.5) is 0 Å². The Morgan fingerprint density at radius 1 is 1.50 bits per heavy atom. The largest absolute Gasteiger partial charge is 0.414 e. The van der Waals surface area contributed by atoms with Gasteiger partial charge in [0.05, 0.1) is 17.1 Å². The summed E-state index contributed by atoms with van der Waals surface area (Å²) >= 11 is 0.799. The van der Waals surface area contributed by atoms with Crippen LogP contribution in [-0.4, -0.2) is 9.36 Å². The molecule has 0 saturated carbocycles. The molecule has 0 atom stereocenters. The molecule has 2 aromatic heterocycles. The van der Waals surface area contributed by atoms with E-state index in [1.165, 1.54) is 0 Å². The fourth-order valence-corrected chi connectivity index (χ4v) is 1.21. The van der Waals surface area contributed by atoms with E-state index in [9.17, 15) is 4.79 Å². The van der Waals surface area contributed by atoms with Crippen molar-refractivity contribution in [3.63, 3.8) is 0 Å². The number of aromatic nitrogens is 2. The van der Waals surface area contributed by atoms with Crippen molar-refractivity contribution >= 4 is 11.5 Å². The van der Waals surface area contributed by atoms with Crippen molar-refractivity contribution in [1.29, 1.82) is 0 Å². The first-order chi connectivity index (χ1) is 5.86. The third-order valence-corrected chi connectivity index (χ3v) is 1.78. The number of nitrogens with zero attached hydrogens (tertiary/aromatic N) is 2. The normalized spacial score (nSPS) is 10.0. The highest BCUT2D eigenvalue weighted by atomic mass is 32.1. The van der Waals surface area contributed by atoms with Gasteiger partial charge < -0.3 is 4.42 Å². The van der Waals surface area contributed by atoms with E-state index >= 15 is 0 Å². The van der Waals surface area contributed by atoms with Crippen LogP contribution in [0.1, 0.15) is 0 Å². The third kappa shape index (κ3) is 1.26. The minimum Gasteiger partial charge on any atom is -0.394 e. The first-order valence-electron chi connectivity index (χ1n) is 3.23. The van der Waals surface area contributed by atoms with E-state index in [-0.39, 0.29) is 0 Å². The van der Waals surface area contributed by atoms with Crippen LogP contribution in [-0.2, 0) is 0 Å². The summed E-state index contributed by atoms with van der Waals surface area (Å²) in [6.07, 6.45) is 3.24. The molecular formula is C7H4N2O2S. The van der Waals surface area contributed by atoms with Gasteiger partial charge in [0, 0.05) is 12.4 Å². The maximum atomic E-state index is 10.6. The molecule has 60 valence electrons. The fraction of sp³-hybridized carbons (Fsp3) is 0. The number of pyridine rings is 1. The summed E-state index contributed by atoms with van der Waals surface area (Å²) in [7, 11) is 0. The molecule has 4 nitrogen and oxygen atoms in total. The Bertz CT molecular complexity index is 420. The Morgan fingerprint density at radius 2 is 2.42 bits per heavy atom. The monoisotopic (exact) mass is 180 g/mol. The molecule has 2 heterocycles. The smallest absolute Gasteiger partial charge is 0.394 e. The minimum atomic E-state index is -0.395. The highest BCUT2D eigenvalue weighted by molar-refractivity contribution is 7.02. The van der Waals surface area contributed by atoms with Crippen molar-refractivity contribution in [2.45, 2.75) is 0 Å². The molecule has 0 aliphatic heterocycles. The molecule has 0 spiro atoms. The van der Waals surface area contributed by atoms with Crippen LogP contribution in [0.25, 0.3) is 11.5 Å². The quantitative estimate of drug-likeness (QED) is 0.660. The van der Waals surface area contributed by atoms with Crippen LogP contribution < -0.4 is 4.94 Å². The van der Waals surface area contributed by atoms with Gasteiger partial charge >= 0.3 is 4.94 Å². The average molecular weight is 180 g/mol. The van der Waals surface area contributed by atoms with Crippen LogP contribution in [0.5, 0.6) is 0 Å². The summed E-state index contributed by atoms with van der Waals surface area (Å²) in [5.41, 5.74) is 0.718. The van der Waals surface area contributed by atoms with E-state index < -0.39 is 4.94 Å². The minimum absolute atomic E-state index is 0.332. The van der Waals surface area contributed by atoms with Crippen LogP contribution in [0.3, 0.4) is 0 Å². The molecule has 12 heavy (non-hydrogen) atoms. The highest BCUT2D eigenvalue weighted by Crippen LogP contribution is 2.13. The lowest BCUT2D eigenvalue weighted by atomic mass is 10.3. The Balaban J connectivity index is 2.51. The second kappa shape index (κ2) is 2.86. The van der Waals surface area contributed by atoms with Crippen LogP contribution >= 0.6 is 11.5 Å². The van der Waals surface area contributed by atoms with Gasteiger partial charge in [-0.1, -0.05) is 0 Å². The molecule has 5 heteroatoms. The Morgan fingerprint density at radius 3 is 3.00 bits per heavy atom. The molecule has 0 N–H and O–H groups in total. The average Bonchev–Trinajstić information content (AvgIpc) is 2.54. The van der Waals surface area contributed by atoms with Gasteiger partial charge in [-0.2, -0.15) is 0 Å². The number of rotatable bonds is 1. The van der Waals surface area contributed by atoms with E-state index in [2.05, 4.69) is 9.36 Å². The summed E-state index contributed by atoms with van der Waals surface area (Å²) in [6, 6.07) is 3.54. The standard InChI is InChI=1S/C7H4N2O2S/c10-7-11-6(9-12-7)5-2-1-3-8-4-5/h1-4H. The molecule has 0 bridgehead atoms. The maximum Gasteiger partial charge on any atom is 0.414 e. The number of hydrogen-bond acceptors (Lipinski definition) is 5. The molecule has 2 aromatic rings. The van der Waals surface area contributed by atoms with E-state index in [1.54, 1.807) is 24.5 Å². The topological polar surface area (TPSA) is 56.0 Å². The molecule has 0 fully saturated rings. The van der Waals surface area contributed by atoms with Crippen LogP contribution in [0, 0.1) is 0 Å². The molecule has 0 amide bonds. The predicted molar refractivity (Wildman–Crippen MR) is 43.9 cm³/mol. The predicted octanol–water partition coefficient (Wildman–Crippen LogP) is 1.16. The van der Waals surface area contributed by atoms with Gasteiger partial charge in [0.1, 0.15) is 0 Å². The van der Waals surface area contributed by atoms with Gasteiger partial charge in [-0.15, -0.1) is 4.37 Å². The molecular weight excluding hydrogens is 176 g/mol. The van der Waals surface area contributed by atoms with Gasteiger partial charge in [-0.3, -0.25) is 4.98 Å². The lowest BCUT2D eigenvalue weighted by Gasteiger charge is -1.89. The maximum absolute atomic E-state index is 10.6. The van der Waals surface area contributed by atoms with E-state index in [1.807, 2.05) is 0 Å². The van der Waals surface area contributed by atoms with Gasteiger partial charge in [0.15, 0.2) is 0 Å². The van der Waals surface area contributed by atoms with Gasteiger partial charge in [0.2, 0.25) is 5.89 Å². The van der Waals surface area contributed by atoms with Crippen molar-refractivity contribution in [1.82, 2.24) is 9.36 Å². The second-order valence-electron chi connectivity index (χ2n) is 2.08. The summed E-state index contributed by atoms with van der Waals surface area (Å²) in [5.74, 6) is 0.332. The highest BCUT2D eigenvalue weighted by Gasteiger charge is 2.03. The second-order valence-corrected chi connectivity index (χ2v) is 2.78. The summed E-state index contributed by atoms with van der Waals surface area (Å²) in [5, 5.41) is 0. The van der Waals surface area contributed by atoms with Gasteiger partial charge in [0.25, 0.3) is 0 Å². The number of hydrogen-bond donors (Lipinski definition) is 0. The Kier molecular flexibility index (Phi) is 1.71. The molecule has 0 saturated heterocycles. The first-order valence-corrected chi connectivity index (χ1v) is 4.01. The third-order valence-electron chi connectivity index (χ3n) is 1.29. The summed E-state index contributed by atoms with van der Waals surface area (Å²) in [4.78, 5) is 14.1. The van der Waals surface area contributed by atoms with E-state index in [0.29, 0.717) is 5.89 Å². The van der Waals surface area contributed by atoms with Crippen molar-refractivity contribution in [3.8, 4) is 11.5 Å². The van der Waals surface area contributed by atoms with Crippen LogP contribution in [0.2, 0.25) is 0 Å². The van der Waals surface area contributed by atoms with Crippen molar-refractivity contribution in [2.75, 3.05) is 0 Å². The van der Waals surface area contributed by atoms with Crippen LogP contribution in [0.15, 0.2) is 33.7 Å². The SMILES string of the molecule is O=c1oc(-c2cccnc2)ns1. The van der Waals surface area contributed by atoms with Crippen molar-refractivity contribution in [3.05, 3.63) is 34.3 Å². The lowest BCUT2D eigenvalue weighted by Crippen LogP contribution is -1.82. The lowest BCUT2D eigenvalue weighted by molar-refractivity contribution is 0.543. The Hall–Kier alpha value is -1.49. The molecule has 0 unspecified atom stereocenters. The molecule has 0 radical (unpaired) electrons. The summed E-state index contributed by atoms with van der Waals surface area (Å²) < 4.78 is 8.59. The van der Waals surface area contributed by atoms with E-state index in [0.717, 1.165) is 17.1 Å². The van der Waals surface area contributed by atoms with Gasteiger partial charge in [-0.25, -0.2) is 4.79 Å². The zero-order valence-corrected chi connectivity index (χ0v) is 6.75. The fourth-order valence-electron chi connectivity index (χ4n) is 0.796. The molecule has 2 rings (SSSR count). The molecule has 0 aromatic carbocycles. The summed E-state index contributed by atoms with van der Waals surface area (Å²) in [6.45, 7) is 0. The molecule has 0 aliphatic rings. The first kappa shape index (κ1) is 7.17. The van der Waals surface area contributed by atoms with Crippen molar-refractivity contribution < 1.29 is 4.42 Å². The van der Waals surface area contributed by atoms with Crippen molar-refractivity contribution in [2.24, 2.45) is 0 Å². The Labute approximate surface area is 71.7 Å². The van der Waals surface area contributed by atoms with Gasteiger partial charge in [-0.05, 0) is 12.1 Å². The molecule has 0 aliphatic carbocycles. The van der Waals surface area contributed by atoms with E-state index in [4.69, 9.17) is 4.42 Å². The zero-order valence-electron chi connectivity index (χ0n) is 5.93.